The maximum Gasteiger partial charge on any atom is 0.320 e. The first-order chi connectivity index (χ1) is 10.6. The summed E-state index contributed by atoms with van der Waals surface area (Å²) in [7, 11) is 1.67. The molecule has 4 heteroatoms. The molecule has 0 bridgehead atoms. The molecule has 2 aliphatic carbocycles. The van der Waals surface area contributed by atoms with Crippen molar-refractivity contribution in [3.63, 3.8) is 0 Å². The number of esters is 2. The van der Waals surface area contributed by atoms with Crippen LogP contribution in [0, 0.1) is 17.3 Å². The molecule has 1 aromatic rings. The number of cyclic esters (lactones) is 2. The minimum atomic E-state index is -0.710. The molecule has 0 N–H and O–H groups in total. The third kappa shape index (κ3) is 1.58. The standard InChI is InChI=1S/C18H18O4/c1-18-14-7-3-10-9-11(21-2)4-5-12(10)13(14)6-8-15(18)16(19)22-17(18)20/h4-6,9,14-15H,3,7-8H2,1-2H3/t14-,15-,18-/m1/s1. The molecule has 1 saturated heterocycles. The van der Waals surface area contributed by atoms with Gasteiger partial charge in [-0.25, -0.2) is 0 Å². The second-order valence-electron chi connectivity index (χ2n) is 6.55. The van der Waals surface area contributed by atoms with E-state index in [2.05, 4.69) is 18.2 Å². The van der Waals surface area contributed by atoms with Crippen molar-refractivity contribution in [3.05, 3.63) is 35.4 Å². The summed E-state index contributed by atoms with van der Waals surface area (Å²) in [6.45, 7) is 1.90. The lowest BCUT2D eigenvalue weighted by Gasteiger charge is -2.42. The quantitative estimate of drug-likeness (QED) is 0.591. The van der Waals surface area contributed by atoms with Crippen LogP contribution in [-0.4, -0.2) is 19.0 Å². The Morgan fingerprint density at radius 2 is 2.09 bits per heavy atom. The fourth-order valence-corrected chi connectivity index (χ4v) is 4.33. The highest BCUT2D eigenvalue weighted by molar-refractivity contribution is 6.01. The number of fused-ring (bicyclic) bond motifs is 5. The first kappa shape index (κ1) is 13.6. The van der Waals surface area contributed by atoms with Crippen LogP contribution in [0.25, 0.3) is 5.57 Å². The number of aryl methyl sites for hydroxylation is 1. The maximum absolute atomic E-state index is 12.3. The summed E-state index contributed by atoms with van der Waals surface area (Å²) >= 11 is 0. The van der Waals surface area contributed by atoms with Crippen LogP contribution >= 0.6 is 0 Å². The fourth-order valence-electron chi connectivity index (χ4n) is 4.33. The molecule has 114 valence electrons. The monoisotopic (exact) mass is 298 g/mol. The van der Waals surface area contributed by atoms with E-state index in [0.29, 0.717) is 6.42 Å². The van der Waals surface area contributed by atoms with E-state index in [1.807, 2.05) is 13.0 Å². The van der Waals surface area contributed by atoms with Crippen molar-refractivity contribution in [3.8, 4) is 5.75 Å². The molecular formula is C18H18O4. The summed E-state index contributed by atoms with van der Waals surface area (Å²) in [5.74, 6) is -0.119. The zero-order valence-corrected chi connectivity index (χ0v) is 12.7. The Morgan fingerprint density at radius 1 is 1.27 bits per heavy atom. The van der Waals surface area contributed by atoms with Gasteiger partial charge in [0.2, 0.25) is 0 Å². The number of ether oxygens (including phenoxy) is 2. The lowest BCUT2D eigenvalue weighted by Crippen LogP contribution is -2.42. The van der Waals surface area contributed by atoms with Crippen molar-refractivity contribution in [2.24, 2.45) is 17.3 Å². The van der Waals surface area contributed by atoms with Gasteiger partial charge < -0.3 is 9.47 Å². The number of hydrogen-bond acceptors (Lipinski definition) is 4. The van der Waals surface area contributed by atoms with Gasteiger partial charge in [0.05, 0.1) is 18.4 Å². The van der Waals surface area contributed by atoms with Gasteiger partial charge in [0, 0.05) is 5.92 Å². The normalized spacial score (nSPS) is 32.5. The molecule has 3 aliphatic rings. The largest absolute Gasteiger partial charge is 0.497 e. The minimum absolute atomic E-state index is 0.0612. The van der Waals surface area contributed by atoms with Gasteiger partial charge in [-0.05, 0) is 55.0 Å². The fraction of sp³-hybridized carbons (Fsp3) is 0.444. The predicted octanol–water partition coefficient (Wildman–Crippen LogP) is 2.75. The molecule has 0 saturated carbocycles. The molecule has 1 heterocycles. The molecule has 0 spiro atoms. The van der Waals surface area contributed by atoms with Crippen LogP contribution in [0.1, 0.15) is 30.9 Å². The van der Waals surface area contributed by atoms with E-state index in [0.717, 1.165) is 18.6 Å². The predicted molar refractivity (Wildman–Crippen MR) is 80.1 cm³/mol. The van der Waals surface area contributed by atoms with Crippen LogP contribution in [0.3, 0.4) is 0 Å². The third-order valence-corrected chi connectivity index (χ3v) is 5.64. The molecule has 3 atom stereocenters. The van der Waals surface area contributed by atoms with Crippen molar-refractivity contribution in [1.82, 2.24) is 0 Å². The summed E-state index contributed by atoms with van der Waals surface area (Å²) in [6, 6.07) is 6.09. The highest BCUT2D eigenvalue weighted by Crippen LogP contribution is 2.56. The first-order valence-corrected chi connectivity index (χ1v) is 7.69. The van der Waals surface area contributed by atoms with Crippen LogP contribution in [0.5, 0.6) is 5.75 Å². The molecule has 4 rings (SSSR count). The Balaban J connectivity index is 1.82. The smallest absolute Gasteiger partial charge is 0.320 e. The second kappa shape index (κ2) is 4.45. The summed E-state index contributed by atoms with van der Waals surface area (Å²) in [5.41, 5.74) is 2.92. The lowest BCUT2D eigenvalue weighted by molar-refractivity contribution is -0.155. The number of methoxy groups -OCH3 is 1. The molecule has 0 aromatic heterocycles. The van der Waals surface area contributed by atoms with Crippen molar-refractivity contribution >= 4 is 17.5 Å². The van der Waals surface area contributed by atoms with E-state index in [9.17, 15) is 9.59 Å². The third-order valence-electron chi connectivity index (χ3n) is 5.64. The van der Waals surface area contributed by atoms with Crippen molar-refractivity contribution in [2.45, 2.75) is 26.2 Å². The molecule has 0 amide bonds. The summed E-state index contributed by atoms with van der Waals surface area (Å²) in [5, 5.41) is 0. The number of hydrogen-bond donors (Lipinski definition) is 0. The van der Waals surface area contributed by atoms with Gasteiger partial charge in [-0.1, -0.05) is 12.1 Å². The number of rotatable bonds is 1. The molecule has 0 unspecified atom stereocenters. The van der Waals surface area contributed by atoms with Crippen LogP contribution in [0.4, 0.5) is 0 Å². The topological polar surface area (TPSA) is 52.6 Å². The number of allylic oxidation sites excluding steroid dienone is 2. The molecular weight excluding hydrogens is 280 g/mol. The highest BCUT2D eigenvalue weighted by atomic mass is 16.6. The second-order valence-corrected chi connectivity index (χ2v) is 6.55. The van der Waals surface area contributed by atoms with Gasteiger partial charge in [-0.2, -0.15) is 0 Å². The Bertz CT molecular complexity index is 718. The average Bonchev–Trinajstić information content (AvgIpc) is 2.76. The van der Waals surface area contributed by atoms with E-state index < -0.39 is 5.41 Å². The molecule has 4 nitrogen and oxygen atoms in total. The minimum Gasteiger partial charge on any atom is -0.497 e. The van der Waals surface area contributed by atoms with Crippen LogP contribution in [0.2, 0.25) is 0 Å². The SMILES string of the molecule is COc1ccc2c(c1)CC[C@@H]1C2=CC[C@@H]2C(=O)OC(=O)[C@@]21C. The number of benzene rings is 1. The van der Waals surface area contributed by atoms with E-state index in [1.54, 1.807) is 7.11 Å². The summed E-state index contributed by atoms with van der Waals surface area (Å²) in [4.78, 5) is 24.3. The molecule has 1 fully saturated rings. The van der Waals surface area contributed by atoms with Crippen LogP contribution in [0.15, 0.2) is 24.3 Å². The van der Waals surface area contributed by atoms with E-state index in [1.165, 1.54) is 16.7 Å². The van der Waals surface area contributed by atoms with Gasteiger partial charge in [0.15, 0.2) is 0 Å². The Kier molecular flexibility index (Phi) is 2.74. The molecule has 1 aromatic carbocycles. The molecule has 22 heavy (non-hydrogen) atoms. The van der Waals surface area contributed by atoms with Gasteiger partial charge in [0.25, 0.3) is 0 Å². The maximum atomic E-state index is 12.3. The van der Waals surface area contributed by atoms with Gasteiger partial charge in [-0.3, -0.25) is 9.59 Å². The van der Waals surface area contributed by atoms with Gasteiger partial charge >= 0.3 is 11.9 Å². The number of carbonyl (C=O) groups excluding carboxylic acids is 2. The van der Waals surface area contributed by atoms with Crippen LogP contribution < -0.4 is 4.74 Å². The van der Waals surface area contributed by atoms with Crippen molar-refractivity contribution in [2.75, 3.05) is 7.11 Å². The van der Waals surface area contributed by atoms with E-state index >= 15 is 0 Å². The summed E-state index contributed by atoms with van der Waals surface area (Å²) in [6.07, 6.45) is 4.46. The Hall–Kier alpha value is -2.10. The van der Waals surface area contributed by atoms with Crippen molar-refractivity contribution < 1.29 is 19.1 Å². The Labute approximate surface area is 129 Å². The zero-order valence-electron chi connectivity index (χ0n) is 12.7. The zero-order chi connectivity index (χ0) is 15.5. The average molecular weight is 298 g/mol. The van der Waals surface area contributed by atoms with Gasteiger partial charge in [-0.15, -0.1) is 0 Å². The van der Waals surface area contributed by atoms with E-state index in [-0.39, 0.29) is 23.8 Å². The number of carbonyl (C=O) groups is 2. The van der Waals surface area contributed by atoms with E-state index in [4.69, 9.17) is 9.47 Å². The van der Waals surface area contributed by atoms with Gasteiger partial charge in [0.1, 0.15) is 5.75 Å². The molecule has 1 aliphatic heterocycles. The lowest BCUT2D eigenvalue weighted by atomic mass is 9.57. The first-order valence-electron chi connectivity index (χ1n) is 7.69. The highest BCUT2D eigenvalue weighted by Gasteiger charge is 2.60. The Morgan fingerprint density at radius 3 is 2.86 bits per heavy atom. The molecule has 0 radical (unpaired) electrons. The van der Waals surface area contributed by atoms with Crippen molar-refractivity contribution in [1.29, 1.82) is 0 Å². The van der Waals surface area contributed by atoms with Crippen LogP contribution in [-0.2, 0) is 20.7 Å². The summed E-state index contributed by atoms with van der Waals surface area (Å²) < 4.78 is 10.3.